The van der Waals surface area contributed by atoms with Crippen LogP contribution in [0.25, 0.3) is 0 Å². The molecule has 5 heteroatoms. The quantitative estimate of drug-likeness (QED) is 0.792. The first-order valence-corrected chi connectivity index (χ1v) is 6.56. The van der Waals surface area contributed by atoms with Gasteiger partial charge in [0.1, 0.15) is 24.7 Å². The lowest BCUT2D eigenvalue weighted by molar-refractivity contribution is 0.217. The van der Waals surface area contributed by atoms with Crippen LogP contribution in [-0.4, -0.2) is 13.2 Å². The van der Waals surface area contributed by atoms with Gasteiger partial charge in [0.25, 0.3) is 0 Å². The summed E-state index contributed by atoms with van der Waals surface area (Å²) in [5, 5.41) is 17.8. The molecule has 0 aliphatic carbocycles. The molecular formula is C16H11ClN2O2. The van der Waals surface area contributed by atoms with Crippen molar-refractivity contribution in [2.24, 2.45) is 0 Å². The van der Waals surface area contributed by atoms with Crippen LogP contribution in [-0.2, 0) is 0 Å². The Morgan fingerprint density at radius 2 is 1.48 bits per heavy atom. The third kappa shape index (κ3) is 4.14. The summed E-state index contributed by atoms with van der Waals surface area (Å²) >= 11 is 5.99. The molecule has 0 fully saturated rings. The Balaban J connectivity index is 1.82. The number of nitriles is 2. The smallest absolute Gasteiger partial charge is 0.138 e. The fraction of sp³-hybridized carbons (Fsp3) is 0.125. The van der Waals surface area contributed by atoms with Gasteiger partial charge >= 0.3 is 0 Å². The fourth-order valence-electron chi connectivity index (χ4n) is 1.62. The Morgan fingerprint density at radius 1 is 0.857 bits per heavy atom. The van der Waals surface area contributed by atoms with Crippen molar-refractivity contribution < 1.29 is 9.47 Å². The van der Waals surface area contributed by atoms with Gasteiger partial charge in [-0.25, -0.2) is 0 Å². The minimum Gasteiger partial charge on any atom is -0.490 e. The molecule has 0 saturated heterocycles. The summed E-state index contributed by atoms with van der Waals surface area (Å²) in [7, 11) is 0. The Morgan fingerprint density at radius 3 is 2.10 bits per heavy atom. The van der Waals surface area contributed by atoms with Crippen molar-refractivity contribution in [2.75, 3.05) is 13.2 Å². The number of ether oxygens (including phenoxy) is 2. The highest BCUT2D eigenvalue weighted by Gasteiger charge is 2.03. The second kappa shape index (κ2) is 7.19. The van der Waals surface area contributed by atoms with Gasteiger partial charge in [-0.05, 0) is 42.5 Å². The van der Waals surface area contributed by atoms with Crippen LogP contribution in [0, 0.1) is 22.7 Å². The van der Waals surface area contributed by atoms with E-state index >= 15 is 0 Å². The zero-order valence-corrected chi connectivity index (χ0v) is 11.8. The van der Waals surface area contributed by atoms with Crippen molar-refractivity contribution in [3.63, 3.8) is 0 Å². The van der Waals surface area contributed by atoms with E-state index in [0.29, 0.717) is 40.9 Å². The molecule has 0 N–H and O–H groups in total. The standard InChI is InChI=1S/C16H11ClN2O2/c17-15-9-13(11-19)3-6-16(15)21-8-7-20-14-4-1-12(10-18)2-5-14/h1-6,9H,7-8H2. The van der Waals surface area contributed by atoms with Gasteiger partial charge in [-0.2, -0.15) is 10.5 Å². The molecule has 0 radical (unpaired) electrons. The molecule has 2 aromatic carbocycles. The van der Waals surface area contributed by atoms with E-state index in [1.54, 1.807) is 42.5 Å². The van der Waals surface area contributed by atoms with Gasteiger partial charge < -0.3 is 9.47 Å². The molecule has 0 aliphatic rings. The van der Waals surface area contributed by atoms with Gasteiger partial charge in [-0.15, -0.1) is 0 Å². The number of halogens is 1. The highest BCUT2D eigenvalue weighted by atomic mass is 35.5. The molecule has 0 aliphatic heterocycles. The van der Waals surface area contributed by atoms with Gasteiger partial charge in [0.15, 0.2) is 0 Å². The average Bonchev–Trinajstić information content (AvgIpc) is 2.53. The van der Waals surface area contributed by atoms with Crippen LogP contribution in [0.1, 0.15) is 11.1 Å². The normalized spacial score (nSPS) is 9.48. The van der Waals surface area contributed by atoms with Gasteiger partial charge in [0, 0.05) is 0 Å². The molecule has 0 spiro atoms. The lowest BCUT2D eigenvalue weighted by atomic mass is 10.2. The SMILES string of the molecule is N#Cc1ccc(OCCOc2ccc(C#N)cc2Cl)cc1. The maximum Gasteiger partial charge on any atom is 0.138 e. The minimum atomic E-state index is 0.325. The summed E-state index contributed by atoms with van der Waals surface area (Å²) < 4.78 is 11.0. The molecule has 2 aromatic rings. The molecule has 0 amide bonds. The van der Waals surface area contributed by atoms with E-state index in [1.807, 2.05) is 12.1 Å². The molecule has 4 nitrogen and oxygen atoms in total. The lowest BCUT2D eigenvalue weighted by Gasteiger charge is -2.09. The first-order chi connectivity index (χ1) is 10.2. The van der Waals surface area contributed by atoms with E-state index < -0.39 is 0 Å². The van der Waals surface area contributed by atoms with Crippen molar-refractivity contribution in [3.8, 4) is 23.6 Å². The van der Waals surface area contributed by atoms with Crippen LogP contribution < -0.4 is 9.47 Å². The van der Waals surface area contributed by atoms with Crippen LogP contribution in [0.15, 0.2) is 42.5 Å². The average molecular weight is 299 g/mol. The zero-order valence-electron chi connectivity index (χ0n) is 11.0. The summed E-state index contributed by atoms with van der Waals surface area (Å²) in [6, 6.07) is 15.7. The van der Waals surface area contributed by atoms with Crippen molar-refractivity contribution in [1.82, 2.24) is 0 Å². The summed E-state index contributed by atoms with van der Waals surface area (Å²) in [5.74, 6) is 1.18. The monoisotopic (exact) mass is 298 g/mol. The molecule has 0 aromatic heterocycles. The van der Waals surface area contributed by atoms with Gasteiger partial charge in [0.05, 0.1) is 28.3 Å². The van der Waals surface area contributed by atoms with E-state index in [0.717, 1.165) is 0 Å². The molecule has 21 heavy (non-hydrogen) atoms. The van der Waals surface area contributed by atoms with E-state index in [4.69, 9.17) is 31.6 Å². The topological polar surface area (TPSA) is 66.0 Å². The largest absolute Gasteiger partial charge is 0.490 e. The van der Waals surface area contributed by atoms with Crippen molar-refractivity contribution >= 4 is 11.6 Å². The fourth-order valence-corrected chi connectivity index (χ4v) is 1.86. The summed E-state index contributed by atoms with van der Waals surface area (Å²) in [6.07, 6.45) is 0. The van der Waals surface area contributed by atoms with Crippen molar-refractivity contribution in [2.45, 2.75) is 0 Å². The molecule has 0 atom stereocenters. The maximum absolute atomic E-state index is 8.74. The third-order valence-corrected chi connectivity index (χ3v) is 2.95. The zero-order chi connectivity index (χ0) is 15.1. The minimum absolute atomic E-state index is 0.325. The predicted molar refractivity (Wildman–Crippen MR) is 78.3 cm³/mol. The van der Waals surface area contributed by atoms with Gasteiger partial charge in [-0.3, -0.25) is 0 Å². The molecule has 2 rings (SSSR count). The Hall–Kier alpha value is -2.69. The molecule has 104 valence electrons. The predicted octanol–water partition coefficient (Wildman–Crippen LogP) is 3.54. The van der Waals surface area contributed by atoms with E-state index in [2.05, 4.69) is 0 Å². The van der Waals surface area contributed by atoms with E-state index in [1.165, 1.54) is 0 Å². The van der Waals surface area contributed by atoms with Crippen LogP contribution >= 0.6 is 11.6 Å². The molecule has 0 unspecified atom stereocenters. The second-order valence-corrected chi connectivity index (χ2v) is 4.50. The van der Waals surface area contributed by atoms with Gasteiger partial charge in [-0.1, -0.05) is 11.6 Å². The van der Waals surface area contributed by atoms with Gasteiger partial charge in [0.2, 0.25) is 0 Å². The third-order valence-electron chi connectivity index (χ3n) is 2.65. The van der Waals surface area contributed by atoms with Crippen molar-refractivity contribution in [3.05, 3.63) is 58.6 Å². The summed E-state index contributed by atoms with van der Waals surface area (Å²) in [6.45, 7) is 0.674. The Bertz CT molecular complexity index is 700. The molecule has 0 bridgehead atoms. The number of nitrogens with zero attached hydrogens (tertiary/aromatic N) is 2. The van der Waals surface area contributed by atoms with Crippen LogP contribution in [0.5, 0.6) is 11.5 Å². The molecular weight excluding hydrogens is 288 g/mol. The molecule has 0 heterocycles. The Labute approximate surface area is 127 Å². The van der Waals surface area contributed by atoms with E-state index in [9.17, 15) is 0 Å². The number of benzene rings is 2. The Kier molecular flexibility index (Phi) is 5.04. The number of hydrogen-bond acceptors (Lipinski definition) is 4. The maximum atomic E-state index is 8.74. The highest BCUT2D eigenvalue weighted by molar-refractivity contribution is 6.32. The lowest BCUT2D eigenvalue weighted by Crippen LogP contribution is -2.09. The van der Waals surface area contributed by atoms with Crippen molar-refractivity contribution in [1.29, 1.82) is 10.5 Å². The number of hydrogen-bond donors (Lipinski definition) is 0. The number of rotatable bonds is 5. The van der Waals surface area contributed by atoms with Crippen LogP contribution in [0.4, 0.5) is 0 Å². The van der Waals surface area contributed by atoms with Crippen LogP contribution in [0.3, 0.4) is 0 Å². The highest BCUT2D eigenvalue weighted by Crippen LogP contribution is 2.25. The summed E-state index contributed by atoms with van der Waals surface area (Å²) in [4.78, 5) is 0. The molecule has 0 saturated carbocycles. The van der Waals surface area contributed by atoms with E-state index in [-0.39, 0.29) is 0 Å². The first-order valence-electron chi connectivity index (χ1n) is 6.18. The van der Waals surface area contributed by atoms with Crippen LogP contribution in [0.2, 0.25) is 5.02 Å². The first kappa shape index (κ1) is 14.7. The second-order valence-electron chi connectivity index (χ2n) is 4.09. The summed E-state index contributed by atoms with van der Waals surface area (Å²) in [5.41, 5.74) is 1.07.